The van der Waals surface area contributed by atoms with Crippen molar-refractivity contribution in [3.8, 4) is 0 Å². The van der Waals surface area contributed by atoms with Crippen LogP contribution in [0.15, 0.2) is 18.2 Å². The molecule has 5 heteroatoms. The van der Waals surface area contributed by atoms with Gasteiger partial charge in [-0.3, -0.25) is 9.69 Å². The van der Waals surface area contributed by atoms with Crippen LogP contribution in [0.2, 0.25) is 10.0 Å². The molecule has 1 heterocycles. The zero-order chi connectivity index (χ0) is 18.2. The maximum absolute atomic E-state index is 11.4. The SMILES string of the molecule is CCCCC(CCC1CCCN(Cc2ccc(Cl)c(Cl)c2)C1)C(=O)O. The van der Waals surface area contributed by atoms with Gasteiger partial charge in [0.05, 0.1) is 16.0 Å². The normalized spacial score (nSPS) is 19.7. The second-order valence-corrected chi connectivity index (χ2v) is 8.06. The van der Waals surface area contributed by atoms with Crippen molar-refractivity contribution in [1.82, 2.24) is 4.90 Å². The third kappa shape index (κ3) is 6.80. The number of carbonyl (C=O) groups is 1. The number of hydrogen-bond donors (Lipinski definition) is 1. The van der Waals surface area contributed by atoms with Gasteiger partial charge in [0, 0.05) is 13.1 Å². The predicted molar refractivity (Wildman–Crippen MR) is 104 cm³/mol. The van der Waals surface area contributed by atoms with Crippen LogP contribution in [0.4, 0.5) is 0 Å². The maximum atomic E-state index is 11.4. The fourth-order valence-electron chi connectivity index (χ4n) is 3.71. The Morgan fingerprint density at radius 1 is 1.32 bits per heavy atom. The zero-order valence-corrected chi connectivity index (χ0v) is 16.5. The predicted octanol–water partition coefficient (Wildman–Crippen LogP) is 5.88. The Morgan fingerprint density at radius 2 is 2.12 bits per heavy atom. The highest BCUT2D eigenvalue weighted by molar-refractivity contribution is 6.42. The van der Waals surface area contributed by atoms with Gasteiger partial charge in [0.1, 0.15) is 0 Å². The lowest BCUT2D eigenvalue weighted by atomic mass is 9.88. The lowest BCUT2D eigenvalue weighted by Gasteiger charge is -2.33. The molecule has 25 heavy (non-hydrogen) atoms. The molecule has 1 fully saturated rings. The topological polar surface area (TPSA) is 40.5 Å². The van der Waals surface area contributed by atoms with E-state index in [4.69, 9.17) is 23.2 Å². The molecule has 0 aliphatic carbocycles. The number of piperidine rings is 1. The summed E-state index contributed by atoms with van der Waals surface area (Å²) in [6.45, 7) is 5.13. The smallest absolute Gasteiger partial charge is 0.306 e. The van der Waals surface area contributed by atoms with Gasteiger partial charge in [-0.1, -0.05) is 49.0 Å². The molecule has 1 aliphatic heterocycles. The van der Waals surface area contributed by atoms with Crippen molar-refractivity contribution >= 4 is 29.2 Å². The van der Waals surface area contributed by atoms with E-state index in [-0.39, 0.29) is 5.92 Å². The van der Waals surface area contributed by atoms with Crippen molar-refractivity contribution in [2.45, 2.75) is 58.4 Å². The summed E-state index contributed by atoms with van der Waals surface area (Å²) in [7, 11) is 0. The second-order valence-electron chi connectivity index (χ2n) is 7.25. The van der Waals surface area contributed by atoms with Crippen LogP contribution in [0, 0.1) is 11.8 Å². The number of carboxylic acids is 1. The van der Waals surface area contributed by atoms with E-state index in [0.717, 1.165) is 51.7 Å². The highest BCUT2D eigenvalue weighted by Crippen LogP contribution is 2.27. The fraction of sp³-hybridized carbons (Fsp3) is 0.650. The molecule has 0 saturated carbocycles. The van der Waals surface area contributed by atoms with Crippen LogP contribution in [-0.2, 0) is 11.3 Å². The van der Waals surface area contributed by atoms with E-state index >= 15 is 0 Å². The third-order valence-electron chi connectivity index (χ3n) is 5.17. The number of unbranched alkanes of at least 4 members (excludes halogenated alkanes) is 1. The molecule has 140 valence electrons. The Morgan fingerprint density at radius 3 is 2.80 bits per heavy atom. The molecular weight excluding hydrogens is 357 g/mol. The molecule has 0 amide bonds. The van der Waals surface area contributed by atoms with E-state index in [1.165, 1.54) is 18.4 Å². The summed E-state index contributed by atoms with van der Waals surface area (Å²) in [6.07, 6.45) is 7.08. The molecule has 0 radical (unpaired) electrons. The van der Waals surface area contributed by atoms with Crippen LogP contribution in [0.5, 0.6) is 0 Å². The lowest BCUT2D eigenvalue weighted by molar-refractivity contribution is -0.142. The number of halogens is 2. The molecule has 1 saturated heterocycles. The summed E-state index contributed by atoms with van der Waals surface area (Å²) < 4.78 is 0. The first-order chi connectivity index (χ1) is 12.0. The lowest BCUT2D eigenvalue weighted by Crippen LogP contribution is -2.35. The van der Waals surface area contributed by atoms with Gasteiger partial charge in [-0.05, 0) is 62.3 Å². The quantitative estimate of drug-likeness (QED) is 0.576. The number of aliphatic carboxylic acids is 1. The minimum atomic E-state index is -0.628. The van der Waals surface area contributed by atoms with Crippen molar-refractivity contribution in [2.75, 3.05) is 13.1 Å². The van der Waals surface area contributed by atoms with Gasteiger partial charge >= 0.3 is 5.97 Å². The Hall–Kier alpha value is -0.770. The Bertz CT molecular complexity index is 565. The Kier molecular flexibility index (Phi) is 8.54. The number of nitrogens with zero attached hydrogens (tertiary/aromatic N) is 1. The first-order valence-electron chi connectivity index (χ1n) is 9.38. The van der Waals surface area contributed by atoms with Crippen molar-refractivity contribution in [1.29, 1.82) is 0 Å². The number of benzene rings is 1. The van der Waals surface area contributed by atoms with E-state index in [1.807, 2.05) is 18.2 Å². The number of rotatable bonds is 9. The largest absolute Gasteiger partial charge is 0.481 e. The minimum absolute atomic E-state index is 0.176. The molecule has 1 N–H and O–H groups in total. The van der Waals surface area contributed by atoms with E-state index in [1.54, 1.807) is 0 Å². The average molecular weight is 386 g/mol. The van der Waals surface area contributed by atoms with Crippen LogP contribution >= 0.6 is 23.2 Å². The van der Waals surface area contributed by atoms with Gasteiger partial charge in [-0.2, -0.15) is 0 Å². The highest BCUT2D eigenvalue weighted by Gasteiger charge is 2.23. The molecule has 2 unspecified atom stereocenters. The molecule has 3 nitrogen and oxygen atoms in total. The Labute approximate surface area is 161 Å². The third-order valence-corrected chi connectivity index (χ3v) is 5.91. The number of hydrogen-bond acceptors (Lipinski definition) is 2. The summed E-state index contributed by atoms with van der Waals surface area (Å²) in [5.41, 5.74) is 1.18. The van der Waals surface area contributed by atoms with Gasteiger partial charge < -0.3 is 5.11 Å². The molecule has 0 bridgehead atoms. The van der Waals surface area contributed by atoms with Crippen molar-refractivity contribution < 1.29 is 9.90 Å². The summed E-state index contributed by atoms with van der Waals surface area (Å²) in [5, 5.41) is 10.6. The standard InChI is InChI=1S/C20H29Cl2NO2/c1-2-3-6-17(20(24)25)9-7-15-5-4-11-23(13-15)14-16-8-10-18(21)19(22)12-16/h8,10,12,15,17H,2-7,9,11,13-14H2,1H3,(H,24,25). The van der Waals surface area contributed by atoms with Gasteiger partial charge in [0.2, 0.25) is 0 Å². The molecule has 0 aromatic heterocycles. The van der Waals surface area contributed by atoms with Crippen LogP contribution in [0.1, 0.15) is 57.4 Å². The van der Waals surface area contributed by atoms with Gasteiger partial charge in [0.25, 0.3) is 0 Å². The minimum Gasteiger partial charge on any atom is -0.481 e. The van der Waals surface area contributed by atoms with E-state index < -0.39 is 5.97 Å². The molecule has 1 aliphatic rings. The van der Waals surface area contributed by atoms with Gasteiger partial charge in [-0.15, -0.1) is 0 Å². The molecule has 1 aromatic rings. The van der Waals surface area contributed by atoms with Crippen LogP contribution in [-0.4, -0.2) is 29.1 Å². The summed E-state index contributed by atoms with van der Waals surface area (Å²) in [6, 6.07) is 5.83. The van der Waals surface area contributed by atoms with Gasteiger partial charge in [-0.25, -0.2) is 0 Å². The summed E-state index contributed by atoms with van der Waals surface area (Å²) >= 11 is 12.1. The fourth-order valence-corrected chi connectivity index (χ4v) is 4.03. The van der Waals surface area contributed by atoms with E-state index in [2.05, 4.69) is 11.8 Å². The zero-order valence-electron chi connectivity index (χ0n) is 15.0. The van der Waals surface area contributed by atoms with Crippen LogP contribution in [0.3, 0.4) is 0 Å². The van der Waals surface area contributed by atoms with E-state index in [9.17, 15) is 9.90 Å². The molecule has 2 atom stereocenters. The monoisotopic (exact) mass is 385 g/mol. The van der Waals surface area contributed by atoms with Crippen LogP contribution in [0.25, 0.3) is 0 Å². The molecule has 0 spiro atoms. The highest BCUT2D eigenvalue weighted by atomic mass is 35.5. The molecular formula is C20H29Cl2NO2. The van der Waals surface area contributed by atoms with E-state index in [0.29, 0.717) is 16.0 Å². The van der Waals surface area contributed by atoms with Gasteiger partial charge in [0.15, 0.2) is 0 Å². The number of carboxylic acid groups (broad SMARTS) is 1. The number of likely N-dealkylation sites (tertiary alicyclic amines) is 1. The molecule has 2 rings (SSSR count). The summed E-state index contributed by atoms with van der Waals surface area (Å²) in [4.78, 5) is 13.9. The van der Waals surface area contributed by atoms with Crippen molar-refractivity contribution in [2.24, 2.45) is 11.8 Å². The average Bonchev–Trinajstić information content (AvgIpc) is 2.58. The molecule has 1 aromatic carbocycles. The van der Waals surface area contributed by atoms with Crippen molar-refractivity contribution in [3.63, 3.8) is 0 Å². The maximum Gasteiger partial charge on any atom is 0.306 e. The summed E-state index contributed by atoms with van der Waals surface area (Å²) in [5.74, 6) is -0.206. The van der Waals surface area contributed by atoms with Crippen LogP contribution < -0.4 is 0 Å². The first-order valence-corrected chi connectivity index (χ1v) is 10.1. The van der Waals surface area contributed by atoms with Crippen molar-refractivity contribution in [3.05, 3.63) is 33.8 Å². The second kappa shape index (κ2) is 10.4. The Balaban J connectivity index is 1.83. The first kappa shape index (κ1) is 20.5.